The molecule has 0 aliphatic rings. The molecule has 0 aromatic carbocycles. The zero-order valence-corrected chi connectivity index (χ0v) is 10.7. The minimum atomic E-state index is 0.0124. The average molecular weight is 252 g/mol. The van der Waals surface area contributed by atoms with E-state index in [9.17, 15) is 0 Å². The van der Waals surface area contributed by atoms with Crippen LogP contribution in [-0.2, 0) is 0 Å². The minimum absolute atomic E-state index is 0.0124. The topological polar surface area (TPSA) is 65.2 Å². The van der Waals surface area contributed by atoms with E-state index in [0.717, 1.165) is 17.9 Å². The molecule has 2 heterocycles. The number of aromatic nitrogens is 1. The second-order valence-corrected chi connectivity index (χ2v) is 4.97. The maximum atomic E-state index is 6.11. The van der Waals surface area contributed by atoms with Crippen molar-refractivity contribution in [3.05, 3.63) is 36.1 Å². The number of thioether (sulfide) groups is 1. The highest BCUT2D eigenvalue weighted by molar-refractivity contribution is 7.99. The summed E-state index contributed by atoms with van der Waals surface area (Å²) in [7, 11) is 0. The van der Waals surface area contributed by atoms with Crippen molar-refractivity contribution in [3.63, 3.8) is 0 Å². The fourth-order valence-corrected chi connectivity index (χ4v) is 2.65. The molecule has 0 aliphatic heterocycles. The minimum Gasteiger partial charge on any atom is -0.468 e. The Hall–Kier alpha value is -1.20. The second-order valence-electron chi connectivity index (χ2n) is 3.88. The van der Waals surface area contributed by atoms with E-state index in [0.29, 0.717) is 5.22 Å². The Morgan fingerprint density at radius 1 is 1.47 bits per heavy atom. The third-order valence-corrected chi connectivity index (χ3v) is 3.73. The smallest absolute Gasteiger partial charge is 0.256 e. The van der Waals surface area contributed by atoms with Gasteiger partial charge < -0.3 is 14.6 Å². The number of hydrogen-bond acceptors (Lipinski definition) is 5. The van der Waals surface area contributed by atoms with Crippen molar-refractivity contribution in [1.29, 1.82) is 0 Å². The van der Waals surface area contributed by atoms with Crippen LogP contribution in [0, 0.1) is 6.92 Å². The van der Waals surface area contributed by atoms with E-state index in [1.165, 1.54) is 11.8 Å². The Morgan fingerprint density at radius 3 is 2.82 bits per heavy atom. The van der Waals surface area contributed by atoms with Gasteiger partial charge in [0.2, 0.25) is 0 Å². The van der Waals surface area contributed by atoms with Crippen molar-refractivity contribution in [3.8, 4) is 0 Å². The first-order valence-corrected chi connectivity index (χ1v) is 6.46. The molecule has 0 amide bonds. The second kappa shape index (κ2) is 5.42. The van der Waals surface area contributed by atoms with Crippen LogP contribution < -0.4 is 5.73 Å². The van der Waals surface area contributed by atoms with Crippen LogP contribution in [0.5, 0.6) is 0 Å². The van der Waals surface area contributed by atoms with Gasteiger partial charge in [0.05, 0.1) is 17.2 Å². The lowest BCUT2D eigenvalue weighted by Crippen LogP contribution is -2.25. The van der Waals surface area contributed by atoms with Crippen LogP contribution in [0.3, 0.4) is 0 Å². The highest BCUT2D eigenvalue weighted by Gasteiger charge is 2.24. The highest BCUT2D eigenvalue weighted by atomic mass is 32.2. The molecule has 2 unspecified atom stereocenters. The van der Waals surface area contributed by atoms with Gasteiger partial charge in [0.25, 0.3) is 5.22 Å². The number of nitrogens with zero attached hydrogens (tertiary/aromatic N) is 1. The molecule has 2 rings (SSSR count). The summed E-state index contributed by atoms with van der Waals surface area (Å²) >= 11 is 1.50. The van der Waals surface area contributed by atoms with Gasteiger partial charge in [0.15, 0.2) is 0 Å². The summed E-state index contributed by atoms with van der Waals surface area (Å²) < 4.78 is 10.8. The van der Waals surface area contributed by atoms with Crippen LogP contribution in [0.25, 0.3) is 0 Å². The van der Waals surface area contributed by atoms with Crippen LogP contribution in [0.1, 0.15) is 30.0 Å². The molecule has 0 saturated carbocycles. The Labute approximate surface area is 105 Å². The molecule has 2 atom stereocenters. The standard InChI is InChI=1S/C12H16N2O2S/c1-3-9(13)11(10-5-4-6-15-10)17-12-14-8(2)7-16-12/h4-7,9,11H,3,13H2,1-2H3. The van der Waals surface area contributed by atoms with Crippen molar-refractivity contribution in [2.75, 3.05) is 0 Å². The fourth-order valence-electron chi connectivity index (χ4n) is 1.52. The van der Waals surface area contributed by atoms with Gasteiger partial charge in [0.1, 0.15) is 12.0 Å². The molecule has 5 heteroatoms. The SMILES string of the molecule is CCC(N)C(Sc1nc(C)co1)c1ccco1. The molecule has 0 fully saturated rings. The normalized spacial score (nSPS) is 14.8. The maximum absolute atomic E-state index is 6.11. The highest BCUT2D eigenvalue weighted by Crippen LogP contribution is 2.37. The maximum Gasteiger partial charge on any atom is 0.256 e. The van der Waals surface area contributed by atoms with E-state index in [2.05, 4.69) is 11.9 Å². The molecule has 2 aromatic heterocycles. The summed E-state index contributed by atoms with van der Waals surface area (Å²) in [5.74, 6) is 0.861. The Kier molecular flexibility index (Phi) is 3.91. The first-order valence-electron chi connectivity index (χ1n) is 5.58. The predicted octanol–water partition coefficient (Wildman–Crippen LogP) is 3.15. The number of oxazole rings is 1. The van der Waals surface area contributed by atoms with E-state index in [1.807, 2.05) is 19.1 Å². The van der Waals surface area contributed by atoms with E-state index in [1.54, 1.807) is 12.5 Å². The summed E-state index contributed by atoms with van der Waals surface area (Å²) in [5.41, 5.74) is 6.98. The number of furan rings is 1. The Morgan fingerprint density at radius 2 is 2.29 bits per heavy atom. The summed E-state index contributed by atoms with van der Waals surface area (Å²) in [6.07, 6.45) is 4.17. The van der Waals surface area contributed by atoms with Gasteiger partial charge >= 0.3 is 0 Å². The Bertz CT molecular complexity index is 453. The molecule has 0 bridgehead atoms. The van der Waals surface area contributed by atoms with Gasteiger partial charge in [-0.1, -0.05) is 18.7 Å². The third kappa shape index (κ3) is 2.92. The van der Waals surface area contributed by atoms with E-state index in [-0.39, 0.29) is 11.3 Å². The molecular weight excluding hydrogens is 236 g/mol. The number of hydrogen-bond donors (Lipinski definition) is 1. The lowest BCUT2D eigenvalue weighted by Gasteiger charge is -2.18. The summed E-state index contributed by atoms with van der Waals surface area (Å²) in [6.45, 7) is 3.96. The molecule has 0 saturated heterocycles. The number of aryl methyl sites for hydroxylation is 1. The molecule has 2 aromatic rings. The predicted molar refractivity (Wildman–Crippen MR) is 66.8 cm³/mol. The fraction of sp³-hybridized carbons (Fsp3) is 0.417. The lowest BCUT2D eigenvalue weighted by molar-refractivity contribution is 0.442. The van der Waals surface area contributed by atoms with Crippen LogP contribution in [-0.4, -0.2) is 11.0 Å². The third-order valence-electron chi connectivity index (χ3n) is 2.51. The molecule has 92 valence electrons. The van der Waals surface area contributed by atoms with Gasteiger partial charge in [-0.2, -0.15) is 0 Å². The van der Waals surface area contributed by atoms with Crippen molar-refractivity contribution >= 4 is 11.8 Å². The van der Waals surface area contributed by atoms with Crippen molar-refractivity contribution < 1.29 is 8.83 Å². The first kappa shape index (κ1) is 12.3. The molecule has 2 N–H and O–H groups in total. The molecule has 17 heavy (non-hydrogen) atoms. The number of rotatable bonds is 5. The Balaban J connectivity index is 2.17. The van der Waals surface area contributed by atoms with E-state index < -0.39 is 0 Å². The summed E-state index contributed by atoms with van der Waals surface area (Å²) in [5, 5.41) is 0.667. The van der Waals surface area contributed by atoms with Gasteiger partial charge in [-0.15, -0.1) is 0 Å². The van der Waals surface area contributed by atoms with Crippen LogP contribution in [0.4, 0.5) is 0 Å². The van der Waals surface area contributed by atoms with Gasteiger partial charge in [0, 0.05) is 6.04 Å². The van der Waals surface area contributed by atoms with E-state index in [4.69, 9.17) is 14.6 Å². The molecule has 4 nitrogen and oxygen atoms in total. The quantitative estimate of drug-likeness (QED) is 0.828. The molecule has 0 radical (unpaired) electrons. The van der Waals surface area contributed by atoms with E-state index >= 15 is 0 Å². The van der Waals surface area contributed by atoms with Gasteiger partial charge in [-0.25, -0.2) is 4.98 Å². The zero-order chi connectivity index (χ0) is 12.3. The largest absolute Gasteiger partial charge is 0.468 e. The molecule has 0 spiro atoms. The van der Waals surface area contributed by atoms with Crippen molar-refractivity contribution in [2.24, 2.45) is 5.73 Å². The summed E-state index contributed by atoms with van der Waals surface area (Å²) in [6, 6.07) is 3.81. The average Bonchev–Trinajstić information content (AvgIpc) is 2.96. The molecule has 0 aliphatic carbocycles. The number of nitrogens with two attached hydrogens (primary N) is 1. The monoisotopic (exact) mass is 252 g/mol. The van der Waals surface area contributed by atoms with Gasteiger partial charge in [-0.3, -0.25) is 0 Å². The molecular formula is C12H16N2O2S. The van der Waals surface area contributed by atoms with Crippen molar-refractivity contribution in [2.45, 2.75) is 36.8 Å². The van der Waals surface area contributed by atoms with Crippen LogP contribution >= 0.6 is 11.8 Å². The van der Waals surface area contributed by atoms with Crippen LogP contribution in [0.15, 0.2) is 38.7 Å². The van der Waals surface area contributed by atoms with Gasteiger partial charge in [-0.05, 0) is 25.5 Å². The zero-order valence-electron chi connectivity index (χ0n) is 9.92. The lowest BCUT2D eigenvalue weighted by atomic mass is 10.1. The van der Waals surface area contributed by atoms with Crippen molar-refractivity contribution in [1.82, 2.24) is 4.98 Å². The summed E-state index contributed by atoms with van der Waals surface area (Å²) in [4.78, 5) is 4.28. The first-order chi connectivity index (χ1) is 8.20. The van der Waals surface area contributed by atoms with Crippen LogP contribution in [0.2, 0.25) is 0 Å².